The second kappa shape index (κ2) is 7.53. The van der Waals surface area contributed by atoms with E-state index < -0.39 is 0 Å². The van der Waals surface area contributed by atoms with Crippen molar-refractivity contribution in [2.45, 2.75) is 10.8 Å². The smallest absolute Gasteiger partial charge is 0.162 e. The summed E-state index contributed by atoms with van der Waals surface area (Å²) in [6, 6.07) is 5.82. The maximum Gasteiger partial charge on any atom is 0.162 e. The molecule has 0 spiro atoms. The van der Waals surface area contributed by atoms with E-state index in [0.717, 1.165) is 38.1 Å². The number of benzene rings is 1. The van der Waals surface area contributed by atoms with Gasteiger partial charge in [0.2, 0.25) is 0 Å². The quantitative estimate of drug-likeness (QED) is 0.361. The zero-order valence-electron chi connectivity index (χ0n) is 15.0. The Bertz CT molecular complexity index is 1090. The summed E-state index contributed by atoms with van der Waals surface area (Å²) >= 11 is 3.24. The van der Waals surface area contributed by atoms with Crippen molar-refractivity contribution in [2.24, 2.45) is 7.05 Å². The second-order valence-corrected chi connectivity index (χ2v) is 7.51. The zero-order valence-corrected chi connectivity index (χ0v) is 16.7. The van der Waals surface area contributed by atoms with Crippen LogP contribution >= 0.6 is 23.1 Å². The number of aromatic nitrogens is 5. The van der Waals surface area contributed by atoms with Crippen LogP contribution in [0.2, 0.25) is 0 Å². The lowest BCUT2D eigenvalue weighted by Gasteiger charge is -2.08. The molecule has 4 aromatic rings. The molecule has 1 aromatic carbocycles. The molecule has 9 heteroatoms. The summed E-state index contributed by atoms with van der Waals surface area (Å²) in [6.07, 6.45) is 3.37. The molecule has 3 heterocycles. The third-order valence-corrected chi connectivity index (χ3v) is 6.01. The van der Waals surface area contributed by atoms with Gasteiger partial charge in [0, 0.05) is 23.7 Å². The van der Waals surface area contributed by atoms with E-state index >= 15 is 0 Å². The molecule has 0 aliphatic rings. The first-order valence-corrected chi connectivity index (χ1v) is 9.98. The van der Waals surface area contributed by atoms with Crippen molar-refractivity contribution in [1.82, 2.24) is 24.7 Å². The Balaban J connectivity index is 1.53. The highest BCUT2D eigenvalue weighted by Gasteiger charge is 2.12. The first-order chi connectivity index (χ1) is 13.2. The molecule has 0 unspecified atom stereocenters. The summed E-state index contributed by atoms with van der Waals surface area (Å²) in [6.45, 7) is 0. The predicted octanol–water partition coefficient (Wildman–Crippen LogP) is 3.80. The van der Waals surface area contributed by atoms with Crippen LogP contribution in [-0.4, -0.2) is 39.0 Å². The van der Waals surface area contributed by atoms with Gasteiger partial charge in [-0.1, -0.05) is 11.8 Å². The van der Waals surface area contributed by atoms with Gasteiger partial charge in [0.25, 0.3) is 0 Å². The van der Waals surface area contributed by atoms with Crippen molar-refractivity contribution in [3.05, 3.63) is 41.8 Å². The first kappa shape index (κ1) is 17.7. The molecule has 0 aliphatic carbocycles. The van der Waals surface area contributed by atoms with E-state index in [0.29, 0.717) is 11.5 Å². The Hall–Kier alpha value is -2.65. The Morgan fingerprint density at radius 3 is 2.81 bits per heavy atom. The summed E-state index contributed by atoms with van der Waals surface area (Å²) in [5, 5.41) is 9.14. The third-order valence-electron chi connectivity index (χ3n) is 4.03. The van der Waals surface area contributed by atoms with Gasteiger partial charge in [-0.3, -0.25) is 4.68 Å². The van der Waals surface area contributed by atoms with E-state index in [9.17, 15) is 0 Å². The van der Waals surface area contributed by atoms with E-state index in [-0.39, 0.29) is 0 Å². The van der Waals surface area contributed by atoms with Gasteiger partial charge >= 0.3 is 0 Å². The second-order valence-electron chi connectivity index (χ2n) is 5.69. The van der Waals surface area contributed by atoms with Crippen LogP contribution in [-0.2, 0) is 12.8 Å². The van der Waals surface area contributed by atoms with Crippen LogP contribution in [0.4, 0.5) is 0 Å². The first-order valence-electron chi connectivity index (χ1n) is 8.12. The number of thiazole rings is 1. The minimum Gasteiger partial charge on any atom is -0.493 e. The SMILES string of the molecule is COc1ccc(-c2nc(CSc3ncnc4c3cnn4C)cs2)cc1OC. The van der Waals surface area contributed by atoms with Crippen LogP contribution in [0.25, 0.3) is 21.6 Å². The van der Waals surface area contributed by atoms with Crippen LogP contribution in [0.15, 0.2) is 41.1 Å². The maximum absolute atomic E-state index is 5.38. The van der Waals surface area contributed by atoms with Crippen LogP contribution in [0.5, 0.6) is 11.5 Å². The van der Waals surface area contributed by atoms with E-state index in [1.165, 1.54) is 0 Å². The van der Waals surface area contributed by atoms with Gasteiger partial charge < -0.3 is 9.47 Å². The molecule has 0 bridgehead atoms. The largest absolute Gasteiger partial charge is 0.493 e. The number of hydrogen-bond acceptors (Lipinski definition) is 8. The molecule has 0 saturated heterocycles. The van der Waals surface area contributed by atoms with Crippen molar-refractivity contribution in [2.75, 3.05) is 14.2 Å². The van der Waals surface area contributed by atoms with Crippen LogP contribution < -0.4 is 9.47 Å². The molecular formula is C18H17N5O2S2. The number of fused-ring (bicyclic) bond motifs is 1. The van der Waals surface area contributed by atoms with E-state index in [1.807, 2.05) is 25.2 Å². The Kier molecular flexibility index (Phi) is 4.95. The zero-order chi connectivity index (χ0) is 18.8. The fraction of sp³-hybridized carbons (Fsp3) is 0.222. The van der Waals surface area contributed by atoms with Gasteiger partial charge in [0.1, 0.15) is 16.4 Å². The normalized spacial score (nSPS) is 11.1. The summed E-state index contributed by atoms with van der Waals surface area (Å²) in [5.41, 5.74) is 2.84. The lowest BCUT2D eigenvalue weighted by atomic mass is 10.2. The molecule has 4 rings (SSSR count). The number of rotatable bonds is 6. The fourth-order valence-corrected chi connectivity index (χ4v) is 4.45. The monoisotopic (exact) mass is 399 g/mol. The summed E-state index contributed by atoms with van der Waals surface area (Å²) < 4.78 is 12.4. The van der Waals surface area contributed by atoms with Crippen LogP contribution in [0.1, 0.15) is 5.69 Å². The lowest BCUT2D eigenvalue weighted by molar-refractivity contribution is 0.355. The van der Waals surface area contributed by atoms with E-state index in [2.05, 4.69) is 20.4 Å². The fourth-order valence-electron chi connectivity index (χ4n) is 2.67. The van der Waals surface area contributed by atoms with E-state index in [4.69, 9.17) is 14.5 Å². The average Bonchev–Trinajstić information content (AvgIpc) is 3.33. The standard InChI is InChI=1S/C18H17N5O2S2/c1-23-16-13(7-21-23)18(20-10-19-16)27-9-12-8-26-17(22-12)11-4-5-14(24-2)15(6-11)25-3/h4-8,10H,9H2,1-3H3. The van der Waals surface area contributed by atoms with Crippen molar-refractivity contribution < 1.29 is 9.47 Å². The molecular weight excluding hydrogens is 382 g/mol. The number of thioether (sulfide) groups is 1. The van der Waals surface area contributed by atoms with Crippen LogP contribution in [0.3, 0.4) is 0 Å². The highest BCUT2D eigenvalue weighted by molar-refractivity contribution is 7.98. The molecule has 0 amide bonds. The molecule has 0 radical (unpaired) electrons. The summed E-state index contributed by atoms with van der Waals surface area (Å²) in [5.74, 6) is 2.13. The van der Waals surface area contributed by atoms with Gasteiger partial charge in [-0.25, -0.2) is 15.0 Å². The van der Waals surface area contributed by atoms with Crippen LogP contribution in [0, 0.1) is 0 Å². The Morgan fingerprint density at radius 1 is 1.15 bits per heavy atom. The number of nitrogens with zero attached hydrogens (tertiary/aromatic N) is 5. The van der Waals surface area contributed by atoms with Gasteiger partial charge in [0.15, 0.2) is 17.1 Å². The number of hydrogen-bond donors (Lipinski definition) is 0. The highest BCUT2D eigenvalue weighted by atomic mass is 32.2. The number of methoxy groups -OCH3 is 2. The number of ether oxygens (including phenoxy) is 2. The number of aryl methyl sites for hydroxylation is 1. The molecule has 0 N–H and O–H groups in total. The van der Waals surface area contributed by atoms with Gasteiger partial charge in [-0.2, -0.15) is 5.10 Å². The molecule has 7 nitrogen and oxygen atoms in total. The molecule has 138 valence electrons. The molecule has 0 fully saturated rings. The van der Waals surface area contributed by atoms with Gasteiger partial charge in [-0.15, -0.1) is 11.3 Å². The van der Waals surface area contributed by atoms with Gasteiger partial charge in [-0.05, 0) is 18.2 Å². The van der Waals surface area contributed by atoms with Crippen molar-refractivity contribution in [3.63, 3.8) is 0 Å². The lowest BCUT2D eigenvalue weighted by Crippen LogP contribution is -1.93. The minimum atomic E-state index is 0.695. The maximum atomic E-state index is 5.38. The highest BCUT2D eigenvalue weighted by Crippen LogP contribution is 2.34. The topological polar surface area (TPSA) is 75.0 Å². The predicted molar refractivity (Wildman–Crippen MR) is 107 cm³/mol. The minimum absolute atomic E-state index is 0.695. The summed E-state index contributed by atoms with van der Waals surface area (Å²) in [4.78, 5) is 13.4. The summed E-state index contributed by atoms with van der Waals surface area (Å²) in [7, 11) is 5.13. The molecule has 3 aromatic heterocycles. The van der Waals surface area contributed by atoms with Crippen molar-refractivity contribution in [1.29, 1.82) is 0 Å². The average molecular weight is 400 g/mol. The molecule has 0 saturated carbocycles. The molecule has 27 heavy (non-hydrogen) atoms. The molecule has 0 atom stereocenters. The van der Waals surface area contributed by atoms with Crippen molar-refractivity contribution >= 4 is 34.1 Å². The Labute approximate surface area is 164 Å². The molecule has 0 aliphatic heterocycles. The van der Waals surface area contributed by atoms with Gasteiger partial charge in [0.05, 0.1) is 31.5 Å². The van der Waals surface area contributed by atoms with Crippen molar-refractivity contribution in [3.8, 4) is 22.1 Å². The third kappa shape index (κ3) is 3.47. The van der Waals surface area contributed by atoms with E-state index in [1.54, 1.807) is 54.5 Å². The Morgan fingerprint density at radius 2 is 2.00 bits per heavy atom.